The molecule has 1 N–H and O–H groups in total. The highest BCUT2D eigenvalue weighted by atomic mass is 35.5. The molecule has 1 saturated carbocycles. The number of imidazole rings is 1. The van der Waals surface area contributed by atoms with Crippen LogP contribution >= 0.6 is 11.6 Å². The number of ether oxygens (including phenoxy) is 1. The Hall–Kier alpha value is -2.78. The number of aromatic amines is 1. The van der Waals surface area contributed by atoms with Crippen molar-refractivity contribution in [1.29, 1.82) is 0 Å². The average molecular weight is 417 g/mol. The average Bonchev–Trinajstić information content (AvgIpc) is 3.15. The van der Waals surface area contributed by atoms with Crippen molar-refractivity contribution in [2.24, 2.45) is 5.92 Å². The molecule has 1 heterocycles. The van der Waals surface area contributed by atoms with E-state index in [0.29, 0.717) is 17.0 Å². The minimum Gasteiger partial charge on any atom is -0.461 e. The molecule has 3 aromatic carbocycles. The molecule has 2 atom stereocenters. The normalized spacial score (nSPS) is 19.1. The molecule has 4 heteroatoms. The molecule has 0 bridgehead atoms. The van der Waals surface area contributed by atoms with E-state index in [1.807, 2.05) is 18.2 Å². The Balaban J connectivity index is 1.41. The molecule has 3 nitrogen and oxygen atoms in total. The van der Waals surface area contributed by atoms with Gasteiger partial charge < -0.3 is 9.72 Å². The van der Waals surface area contributed by atoms with Crippen LogP contribution in [0.3, 0.4) is 0 Å². The first-order chi connectivity index (χ1) is 14.7. The van der Waals surface area contributed by atoms with Crippen LogP contribution in [-0.2, 0) is 0 Å². The van der Waals surface area contributed by atoms with E-state index in [1.54, 1.807) is 0 Å². The number of hydrogen-bond donors (Lipinski definition) is 1. The second-order valence-corrected chi connectivity index (χ2v) is 8.75. The number of hydrogen-bond acceptors (Lipinski definition) is 2. The molecule has 1 aliphatic rings. The molecule has 2 unspecified atom stereocenters. The molecule has 5 rings (SSSR count). The molecule has 0 saturated heterocycles. The van der Waals surface area contributed by atoms with E-state index in [2.05, 4.69) is 65.4 Å². The van der Waals surface area contributed by atoms with Crippen molar-refractivity contribution in [3.63, 3.8) is 0 Å². The van der Waals surface area contributed by atoms with Gasteiger partial charge in [-0.3, -0.25) is 0 Å². The predicted octanol–water partition coefficient (Wildman–Crippen LogP) is 7.51. The Morgan fingerprint density at radius 3 is 2.43 bits per heavy atom. The minimum absolute atomic E-state index is 0.245. The SMILES string of the molecule is CC1CCCC(Oc2nc3cc(-c4ccc(-c5ccccc5)cc4)c(Cl)cc3[nH]2)C1. The lowest BCUT2D eigenvalue weighted by molar-refractivity contribution is 0.120. The molecule has 0 aliphatic heterocycles. The van der Waals surface area contributed by atoms with Crippen LogP contribution in [-0.4, -0.2) is 16.1 Å². The molecule has 1 aromatic heterocycles. The summed E-state index contributed by atoms with van der Waals surface area (Å²) in [5, 5.41) is 0.705. The first kappa shape index (κ1) is 19.2. The summed E-state index contributed by atoms with van der Waals surface area (Å²) in [4.78, 5) is 7.98. The monoisotopic (exact) mass is 416 g/mol. The summed E-state index contributed by atoms with van der Waals surface area (Å²) in [5.74, 6) is 0.716. The van der Waals surface area contributed by atoms with Gasteiger partial charge in [0.2, 0.25) is 0 Å². The number of fused-ring (bicyclic) bond motifs is 1. The van der Waals surface area contributed by atoms with Gasteiger partial charge in [0.05, 0.1) is 16.1 Å². The highest BCUT2D eigenvalue weighted by molar-refractivity contribution is 6.34. The third-order valence-electron chi connectivity index (χ3n) is 6.02. The van der Waals surface area contributed by atoms with Gasteiger partial charge in [-0.25, -0.2) is 0 Å². The van der Waals surface area contributed by atoms with Crippen molar-refractivity contribution in [2.75, 3.05) is 0 Å². The van der Waals surface area contributed by atoms with Crippen molar-refractivity contribution in [3.05, 3.63) is 71.8 Å². The maximum atomic E-state index is 6.63. The summed E-state index contributed by atoms with van der Waals surface area (Å²) in [6.07, 6.45) is 4.95. The van der Waals surface area contributed by atoms with Crippen LogP contribution in [0.5, 0.6) is 6.01 Å². The second kappa shape index (κ2) is 8.16. The highest BCUT2D eigenvalue weighted by Gasteiger charge is 2.21. The molecule has 0 radical (unpaired) electrons. The topological polar surface area (TPSA) is 37.9 Å². The van der Waals surface area contributed by atoms with Crippen molar-refractivity contribution < 1.29 is 4.74 Å². The Morgan fingerprint density at radius 1 is 0.933 bits per heavy atom. The Kier molecular flexibility index (Phi) is 5.22. The van der Waals surface area contributed by atoms with E-state index < -0.39 is 0 Å². The molecule has 30 heavy (non-hydrogen) atoms. The quantitative estimate of drug-likeness (QED) is 0.373. The fourth-order valence-corrected chi connectivity index (χ4v) is 4.67. The zero-order valence-electron chi connectivity index (χ0n) is 17.1. The van der Waals surface area contributed by atoms with Gasteiger partial charge in [0.15, 0.2) is 0 Å². The van der Waals surface area contributed by atoms with E-state index in [0.717, 1.165) is 35.0 Å². The molecule has 1 fully saturated rings. The summed E-state index contributed by atoms with van der Waals surface area (Å²) in [6.45, 7) is 2.29. The van der Waals surface area contributed by atoms with Gasteiger partial charge in [-0.05, 0) is 54.0 Å². The summed E-state index contributed by atoms with van der Waals surface area (Å²) in [6, 6.07) is 23.5. The Labute approximate surface area is 182 Å². The van der Waals surface area contributed by atoms with Crippen LogP contribution in [0.2, 0.25) is 5.02 Å². The summed E-state index contributed by atoms with van der Waals surface area (Å²) >= 11 is 6.63. The lowest BCUT2D eigenvalue weighted by atomic mass is 9.89. The third-order valence-corrected chi connectivity index (χ3v) is 6.33. The first-order valence-electron chi connectivity index (χ1n) is 10.7. The largest absolute Gasteiger partial charge is 0.461 e. The van der Waals surface area contributed by atoms with Crippen molar-refractivity contribution >= 4 is 22.6 Å². The molecule has 152 valence electrons. The standard InChI is InChI=1S/C26H25ClN2O/c1-17-6-5-9-21(14-17)30-26-28-24-15-22(23(27)16-25(24)29-26)20-12-10-19(11-13-20)18-7-3-2-4-8-18/h2-4,7-8,10-13,15-17,21H,5-6,9,14H2,1H3,(H,28,29). The van der Waals surface area contributed by atoms with Gasteiger partial charge in [0, 0.05) is 5.56 Å². The number of halogens is 1. The van der Waals surface area contributed by atoms with Crippen molar-refractivity contribution in [3.8, 4) is 28.3 Å². The van der Waals surface area contributed by atoms with E-state index in [1.165, 1.54) is 24.0 Å². The summed E-state index contributed by atoms with van der Waals surface area (Å²) < 4.78 is 6.15. The van der Waals surface area contributed by atoms with Gasteiger partial charge in [0.25, 0.3) is 6.01 Å². The maximum absolute atomic E-state index is 6.63. The number of benzene rings is 3. The fraction of sp³-hybridized carbons (Fsp3) is 0.269. The van der Waals surface area contributed by atoms with E-state index in [4.69, 9.17) is 16.3 Å². The number of aromatic nitrogens is 2. The highest BCUT2D eigenvalue weighted by Crippen LogP contribution is 2.34. The molecule has 0 spiro atoms. The number of H-pyrrole nitrogens is 1. The lowest BCUT2D eigenvalue weighted by Gasteiger charge is -2.26. The van der Waals surface area contributed by atoms with Gasteiger partial charge in [-0.15, -0.1) is 0 Å². The minimum atomic E-state index is 0.245. The molecule has 4 aromatic rings. The van der Waals surface area contributed by atoms with Crippen LogP contribution in [0, 0.1) is 5.92 Å². The van der Waals surface area contributed by atoms with Crippen LogP contribution in [0.1, 0.15) is 32.6 Å². The predicted molar refractivity (Wildman–Crippen MR) is 124 cm³/mol. The van der Waals surface area contributed by atoms with Crippen LogP contribution in [0.15, 0.2) is 66.7 Å². The number of nitrogens with one attached hydrogen (secondary N) is 1. The van der Waals surface area contributed by atoms with Crippen LogP contribution in [0.25, 0.3) is 33.3 Å². The Bertz CT molecular complexity index is 1150. The summed E-state index contributed by atoms with van der Waals surface area (Å²) in [5.41, 5.74) is 6.23. The van der Waals surface area contributed by atoms with Crippen molar-refractivity contribution in [1.82, 2.24) is 9.97 Å². The smallest absolute Gasteiger partial charge is 0.294 e. The van der Waals surface area contributed by atoms with Gasteiger partial charge in [-0.2, -0.15) is 4.98 Å². The number of nitrogens with zero attached hydrogens (tertiary/aromatic N) is 1. The Morgan fingerprint density at radius 2 is 1.67 bits per heavy atom. The molecule has 1 aliphatic carbocycles. The zero-order chi connectivity index (χ0) is 20.5. The third kappa shape index (κ3) is 3.95. The fourth-order valence-electron chi connectivity index (χ4n) is 4.40. The van der Waals surface area contributed by atoms with Crippen LogP contribution in [0.4, 0.5) is 0 Å². The van der Waals surface area contributed by atoms with Gasteiger partial charge in [0.1, 0.15) is 6.10 Å². The van der Waals surface area contributed by atoms with E-state index in [9.17, 15) is 0 Å². The lowest BCUT2D eigenvalue weighted by Crippen LogP contribution is -2.24. The van der Waals surface area contributed by atoms with E-state index >= 15 is 0 Å². The second-order valence-electron chi connectivity index (χ2n) is 8.35. The first-order valence-corrected chi connectivity index (χ1v) is 11.1. The maximum Gasteiger partial charge on any atom is 0.294 e. The molecular weight excluding hydrogens is 392 g/mol. The molecule has 0 amide bonds. The van der Waals surface area contributed by atoms with Gasteiger partial charge >= 0.3 is 0 Å². The molecular formula is C26H25ClN2O. The van der Waals surface area contributed by atoms with E-state index in [-0.39, 0.29) is 6.10 Å². The van der Waals surface area contributed by atoms with Crippen LogP contribution < -0.4 is 4.74 Å². The van der Waals surface area contributed by atoms with Gasteiger partial charge in [-0.1, -0.05) is 79.5 Å². The summed E-state index contributed by atoms with van der Waals surface area (Å²) in [7, 11) is 0. The number of rotatable bonds is 4. The van der Waals surface area contributed by atoms with Crippen molar-refractivity contribution in [2.45, 2.75) is 38.7 Å². The zero-order valence-corrected chi connectivity index (χ0v) is 17.8.